The molecule has 1 aliphatic rings. The van der Waals surface area contributed by atoms with Crippen molar-refractivity contribution in [2.24, 2.45) is 0 Å². The third kappa shape index (κ3) is 4.29. The Morgan fingerprint density at radius 2 is 2.11 bits per heavy atom. The average molecular weight is 251 g/mol. The van der Waals surface area contributed by atoms with E-state index in [0.717, 1.165) is 18.6 Å². The maximum atomic E-state index is 11.5. The SMILES string of the molecule is CC(C)(C)OC(=O)Nc1ncc(CC2CO2)cn1. The Hall–Kier alpha value is -1.69. The molecule has 0 bridgehead atoms. The molecule has 0 spiro atoms. The van der Waals surface area contributed by atoms with E-state index in [0.29, 0.717) is 6.10 Å². The molecule has 1 saturated heterocycles. The Morgan fingerprint density at radius 1 is 1.50 bits per heavy atom. The van der Waals surface area contributed by atoms with Crippen LogP contribution in [0.5, 0.6) is 0 Å². The van der Waals surface area contributed by atoms with Crippen LogP contribution in [0.3, 0.4) is 0 Å². The summed E-state index contributed by atoms with van der Waals surface area (Å²) in [5, 5.41) is 2.48. The summed E-state index contributed by atoms with van der Waals surface area (Å²) in [6.45, 7) is 6.20. The molecule has 1 N–H and O–H groups in total. The largest absolute Gasteiger partial charge is 0.444 e. The third-order valence-corrected chi connectivity index (χ3v) is 2.18. The lowest BCUT2D eigenvalue weighted by molar-refractivity contribution is 0.0634. The van der Waals surface area contributed by atoms with Gasteiger partial charge in [-0.2, -0.15) is 0 Å². The number of hydrogen-bond donors (Lipinski definition) is 1. The minimum atomic E-state index is -0.555. The van der Waals surface area contributed by atoms with Crippen molar-refractivity contribution in [1.82, 2.24) is 9.97 Å². The van der Waals surface area contributed by atoms with Gasteiger partial charge in [0.1, 0.15) is 5.60 Å². The molecule has 18 heavy (non-hydrogen) atoms. The van der Waals surface area contributed by atoms with Gasteiger partial charge in [-0.05, 0) is 26.3 Å². The van der Waals surface area contributed by atoms with E-state index in [2.05, 4.69) is 15.3 Å². The summed E-state index contributed by atoms with van der Waals surface area (Å²) in [4.78, 5) is 19.6. The zero-order valence-corrected chi connectivity index (χ0v) is 10.8. The number of anilines is 1. The Morgan fingerprint density at radius 3 is 2.61 bits per heavy atom. The van der Waals surface area contributed by atoms with Gasteiger partial charge in [0, 0.05) is 18.8 Å². The summed E-state index contributed by atoms with van der Waals surface area (Å²) in [5.41, 5.74) is 0.458. The van der Waals surface area contributed by atoms with Gasteiger partial charge < -0.3 is 9.47 Å². The molecule has 1 fully saturated rings. The molecule has 1 aromatic rings. The average Bonchev–Trinajstić information content (AvgIpc) is 3.02. The summed E-state index contributed by atoms with van der Waals surface area (Å²) >= 11 is 0. The van der Waals surface area contributed by atoms with Crippen molar-refractivity contribution in [2.45, 2.75) is 38.9 Å². The molecule has 0 saturated carbocycles. The maximum absolute atomic E-state index is 11.5. The fourth-order valence-electron chi connectivity index (χ4n) is 1.37. The summed E-state index contributed by atoms with van der Waals surface area (Å²) in [6, 6.07) is 0. The van der Waals surface area contributed by atoms with Gasteiger partial charge in [0.05, 0.1) is 12.7 Å². The van der Waals surface area contributed by atoms with Gasteiger partial charge in [0.15, 0.2) is 0 Å². The normalized spacial score (nSPS) is 18.3. The number of carbonyl (C=O) groups excluding carboxylic acids is 1. The minimum Gasteiger partial charge on any atom is -0.444 e. The number of hydrogen-bond acceptors (Lipinski definition) is 5. The summed E-state index contributed by atoms with van der Waals surface area (Å²) in [7, 11) is 0. The van der Waals surface area contributed by atoms with E-state index in [-0.39, 0.29) is 5.95 Å². The zero-order valence-electron chi connectivity index (χ0n) is 10.8. The molecule has 0 aromatic carbocycles. The Bertz CT molecular complexity index is 421. The number of rotatable bonds is 3. The van der Waals surface area contributed by atoms with Crippen molar-refractivity contribution >= 4 is 12.0 Å². The van der Waals surface area contributed by atoms with Gasteiger partial charge in [-0.15, -0.1) is 0 Å². The van der Waals surface area contributed by atoms with E-state index >= 15 is 0 Å². The first-order valence-corrected chi connectivity index (χ1v) is 5.85. The van der Waals surface area contributed by atoms with Crippen molar-refractivity contribution < 1.29 is 14.3 Å². The van der Waals surface area contributed by atoms with Crippen molar-refractivity contribution in [3.63, 3.8) is 0 Å². The lowest BCUT2D eigenvalue weighted by Gasteiger charge is -2.19. The molecule has 98 valence electrons. The van der Waals surface area contributed by atoms with E-state index < -0.39 is 11.7 Å². The van der Waals surface area contributed by atoms with Gasteiger partial charge in [-0.3, -0.25) is 5.32 Å². The van der Waals surface area contributed by atoms with Crippen LogP contribution in [0.2, 0.25) is 0 Å². The van der Waals surface area contributed by atoms with Gasteiger partial charge in [-0.25, -0.2) is 14.8 Å². The number of nitrogens with one attached hydrogen (secondary N) is 1. The summed E-state index contributed by atoms with van der Waals surface area (Å²) in [5.74, 6) is 0.240. The Labute approximate surface area is 106 Å². The standard InChI is InChI=1S/C12H17N3O3/c1-12(2,3)18-11(16)15-10-13-5-8(6-14-10)4-9-7-17-9/h5-6,9H,4,7H2,1-3H3,(H,13,14,15,16). The van der Waals surface area contributed by atoms with E-state index in [4.69, 9.17) is 9.47 Å². The number of amides is 1. The molecule has 0 radical (unpaired) electrons. The number of aromatic nitrogens is 2. The highest BCUT2D eigenvalue weighted by atomic mass is 16.6. The van der Waals surface area contributed by atoms with E-state index in [1.165, 1.54) is 0 Å². The van der Waals surface area contributed by atoms with Crippen LogP contribution in [-0.2, 0) is 15.9 Å². The van der Waals surface area contributed by atoms with E-state index in [1.54, 1.807) is 33.2 Å². The van der Waals surface area contributed by atoms with Crippen LogP contribution >= 0.6 is 0 Å². The number of epoxide rings is 1. The van der Waals surface area contributed by atoms with Crippen LogP contribution in [0.15, 0.2) is 12.4 Å². The highest BCUT2D eigenvalue weighted by Gasteiger charge is 2.23. The second-order valence-corrected chi connectivity index (χ2v) is 5.20. The first-order valence-electron chi connectivity index (χ1n) is 5.85. The predicted molar refractivity (Wildman–Crippen MR) is 65.3 cm³/mol. The van der Waals surface area contributed by atoms with Gasteiger partial charge in [0.25, 0.3) is 0 Å². The fourth-order valence-corrected chi connectivity index (χ4v) is 1.37. The monoisotopic (exact) mass is 251 g/mol. The van der Waals surface area contributed by atoms with Gasteiger partial charge >= 0.3 is 6.09 Å². The topological polar surface area (TPSA) is 76.6 Å². The van der Waals surface area contributed by atoms with Crippen molar-refractivity contribution in [3.05, 3.63) is 18.0 Å². The van der Waals surface area contributed by atoms with Crippen molar-refractivity contribution in [2.75, 3.05) is 11.9 Å². The molecule has 6 nitrogen and oxygen atoms in total. The molecule has 2 heterocycles. The van der Waals surface area contributed by atoms with E-state index in [9.17, 15) is 4.79 Å². The first kappa shape index (κ1) is 12.8. The molecular formula is C12H17N3O3. The smallest absolute Gasteiger partial charge is 0.414 e. The van der Waals surface area contributed by atoms with Crippen LogP contribution in [0, 0.1) is 0 Å². The van der Waals surface area contributed by atoms with Crippen LogP contribution in [0.1, 0.15) is 26.3 Å². The van der Waals surface area contributed by atoms with Crippen LogP contribution in [0.25, 0.3) is 0 Å². The second kappa shape index (κ2) is 4.89. The zero-order chi connectivity index (χ0) is 13.2. The molecule has 1 atom stereocenters. The molecule has 2 rings (SSSR count). The molecule has 1 amide bonds. The predicted octanol–water partition coefficient (Wildman–Crippen LogP) is 1.76. The number of ether oxygens (including phenoxy) is 2. The van der Waals surface area contributed by atoms with Crippen molar-refractivity contribution in [1.29, 1.82) is 0 Å². The second-order valence-electron chi connectivity index (χ2n) is 5.20. The number of carbonyl (C=O) groups is 1. The van der Waals surface area contributed by atoms with Crippen LogP contribution < -0.4 is 5.32 Å². The number of nitrogens with zero attached hydrogens (tertiary/aromatic N) is 2. The molecule has 1 unspecified atom stereocenters. The summed E-state index contributed by atoms with van der Waals surface area (Å²) in [6.07, 6.45) is 3.93. The highest BCUT2D eigenvalue weighted by Crippen LogP contribution is 2.15. The maximum Gasteiger partial charge on any atom is 0.414 e. The molecule has 1 aromatic heterocycles. The Balaban J connectivity index is 1.87. The van der Waals surface area contributed by atoms with Crippen LogP contribution in [-0.4, -0.2) is 34.4 Å². The summed E-state index contributed by atoms with van der Waals surface area (Å²) < 4.78 is 10.2. The van der Waals surface area contributed by atoms with Crippen molar-refractivity contribution in [3.8, 4) is 0 Å². The third-order valence-electron chi connectivity index (χ3n) is 2.18. The first-order chi connectivity index (χ1) is 8.42. The quantitative estimate of drug-likeness (QED) is 0.828. The lowest BCUT2D eigenvalue weighted by atomic mass is 10.2. The molecular weight excluding hydrogens is 234 g/mol. The highest BCUT2D eigenvalue weighted by molar-refractivity contribution is 5.82. The Kier molecular flexibility index (Phi) is 3.47. The molecule has 1 aliphatic heterocycles. The van der Waals surface area contributed by atoms with Crippen LogP contribution in [0.4, 0.5) is 10.7 Å². The van der Waals surface area contributed by atoms with Gasteiger partial charge in [0.2, 0.25) is 5.95 Å². The molecule has 6 heteroatoms. The minimum absolute atomic E-state index is 0.240. The fraction of sp³-hybridized carbons (Fsp3) is 0.583. The van der Waals surface area contributed by atoms with E-state index in [1.807, 2.05) is 0 Å². The van der Waals surface area contributed by atoms with Gasteiger partial charge in [-0.1, -0.05) is 0 Å². The molecule has 0 aliphatic carbocycles. The lowest BCUT2D eigenvalue weighted by Crippen LogP contribution is -2.27.